The summed E-state index contributed by atoms with van der Waals surface area (Å²) in [6, 6.07) is 9.90. The highest BCUT2D eigenvalue weighted by Gasteiger charge is 2.30. The van der Waals surface area contributed by atoms with Gasteiger partial charge in [0.2, 0.25) is 11.8 Å². The van der Waals surface area contributed by atoms with Gasteiger partial charge in [0, 0.05) is 51.9 Å². The van der Waals surface area contributed by atoms with Crippen molar-refractivity contribution in [3.63, 3.8) is 0 Å². The number of piperazine rings is 1. The van der Waals surface area contributed by atoms with Crippen LogP contribution in [0.1, 0.15) is 25.7 Å². The third-order valence-corrected chi connectivity index (χ3v) is 6.16. The van der Waals surface area contributed by atoms with Crippen LogP contribution in [0.25, 0.3) is 11.3 Å². The minimum Gasteiger partial charge on any atom is -0.439 e. The fourth-order valence-corrected chi connectivity index (χ4v) is 4.29. The topological polar surface area (TPSA) is 77.2 Å². The molecule has 1 unspecified atom stereocenters. The highest BCUT2D eigenvalue weighted by Crippen LogP contribution is 2.19. The highest BCUT2D eigenvalue weighted by atomic mass is 16.4. The summed E-state index contributed by atoms with van der Waals surface area (Å²) in [6.45, 7) is 7.69. The van der Waals surface area contributed by atoms with Crippen LogP contribution in [0.3, 0.4) is 0 Å². The molecule has 31 heavy (non-hydrogen) atoms. The number of likely N-dealkylation sites (tertiary alicyclic amines) is 1. The van der Waals surface area contributed by atoms with E-state index >= 15 is 0 Å². The van der Waals surface area contributed by atoms with Crippen LogP contribution in [0.15, 0.2) is 45.9 Å². The molecule has 0 radical (unpaired) electrons. The molecule has 0 spiro atoms. The molecule has 1 atom stereocenters. The number of oxazole rings is 1. The average molecular weight is 425 g/mol. The van der Waals surface area contributed by atoms with Gasteiger partial charge in [-0.3, -0.25) is 14.7 Å². The van der Waals surface area contributed by atoms with E-state index in [0.29, 0.717) is 12.4 Å². The Morgan fingerprint density at radius 3 is 2.48 bits per heavy atom. The number of aromatic nitrogens is 1. The largest absolute Gasteiger partial charge is 0.439 e. The first-order chi connectivity index (χ1) is 15.2. The molecule has 1 aromatic carbocycles. The van der Waals surface area contributed by atoms with E-state index in [1.54, 1.807) is 13.2 Å². The standard InChI is InChI=1S/C23H32N6O2/c1-18(22(30)28-10-6-7-11-28)27-12-14-29(15-13-27)23(24-2)26-17-21-25-16-20(31-21)19-8-4-3-5-9-19/h3-5,8-9,16,18H,6-7,10-15,17H2,1-2H3,(H,24,26). The zero-order valence-electron chi connectivity index (χ0n) is 18.5. The fraction of sp³-hybridized carbons (Fsp3) is 0.522. The lowest BCUT2D eigenvalue weighted by atomic mass is 10.2. The summed E-state index contributed by atoms with van der Waals surface area (Å²) >= 11 is 0. The summed E-state index contributed by atoms with van der Waals surface area (Å²) < 4.78 is 5.88. The Morgan fingerprint density at radius 2 is 1.81 bits per heavy atom. The molecule has 0 bridgehead atoms. The van der Waals surface area contributed by atoms with Crippen molar-refractivity contribution < 1.29 is 9.21 Å². The van der Waals surface area contributed by atoms with Crippen LogP contribution < -0.4 is 5.32 Å². The third-order valence-electron chi connectivity index (χ3n) is 6.16. The lowest BCUT2D eigenvalue weighted by molar-refractivity contribution is -0.135. The second kappa shape index (κ2) is 9.96. The average Bonchev–Trinajstić information content (AvgIpc) is 3.52. The quantitative estimate of drug-likeness (QED) is 0.585. The molecule has 2 aliphatic heterocycles. The van der Waals surface area contributed by atoms with E-state index in [1.807, 2.05) is 42.2 Å². The first-order valence-corrected chi connectivity index (χ1v) is 11.1. The van der Waals surface area contributed by atoms with Gasteiger partial charge in [-0.1, -0.05) is 30.3 Å². The van der Waals surface area contributed by atoms with Gasteiger partial charge in [-0.05, 0) is 19.8 Å². The van der Waals surface area contributed by atoms with Crippen LogP contribution in [0.5, 0.6) is 0 Å². The van der Waals surface area contributed by atoms with Crippen molar-refractivity contribution >= 4 is 11.9 Å². The van der Waals surface area contributed by atoms with Gasteiger partial charge in [-0.2, -0.15) is 0 Å². The van der Waals surface area contributed by atoms with Gasteiger partial charge in [-0.25, -0.2) is 4.98 Å². The highest BCUT2D eigenvalue weighted by molar-refractivity contribution is 5.82. The molecule has 1 N–H and O–H groups in total. The number of carbonyl (C=O) groups is 1. The summed E-state index contributed by atoms with van der Waals surface area (Å²) in [4.78, 5) is 28.0. The minimum atomic E-state index is -0.0565. The molecule has 166 valence electrons. The minimum absolute atomic E-state index is 0.0565. The van der Waals surface area contributed by atoms with Crippen molar-refractivity contribution in [2.75, 3.05) is 46.3 Å². The van der Waals surface area contributed by atoms with Crippen molar-refractivity contribution in [2.24, 2.45) is 4.99 Å². The molecule has 4 rings (SSSR count). The maximum absolute atomic E-state index is 12.7. The number of hydrogen-bond acceptors (Lipinski definition) is 5. The SMILES string of the molecule is CN=C(NCc1ncc(-c2ccccc2)o1)N1CCN(C(C)C(=O)N2CCCC2)CC1. The Balaban J connectivity index is 1.27. The van der Waals surface area contributed by atoms with Crippen molar-refractivity contribution in [3.8, 4) is 11.3 Å². The molecule has 2 aliphatic rings. The zero-order valence-corrected chi connectivity index (χ0v) is 18.5. The van der Waals surface area contributed by atoms with Crippen molar-refractivity contribution in [1.29, 1.82) is 0 Å². The maximum atomic E-state index is 12.7. The number of rotatable bonds is 5. The predicted octanol–water partition coefficient (Wildman–Crippen LogP) is 2.05. The summed E-state index contributed by atoms with van der Waals surface area (Å²) in [7, 11) is 1.79. The van der Waals surface area contributed by atoms with Gasteiger partial charge in [0.05, 0.1) is 18.8 Å². The number of nitrogens with zero attached hydrogens (tertiary/aromatic N) is 5. The molecule has 1 aromatic heterocycles. The Labute approximate surface area is 183 Å². The molecular formula is C23H32N6O2. The molecule has 1 amide bonds. The fourth-order valence-electron chi connectivity index (χ4n) is 4.29. The summed E-state index contributed by atoms with van der Waals surface area (Å²) in [5.74, 6) is 2.49. The normalized spacial score (nSPS) is 19.0. The van der Waals surface area contributed by atoms with Crippen LogP contribution in [-0.2, 0) is 11.3 Å². The number of nitrogens with one attached hydrogen (secondary N) is 1. The number of guanidine groups is 1. The molecule has 3 heterocycles. The molecular weight excluding hydrogens is 392 g/mol. The van der Waals surface area contributed by atoms with E-state index in [-0.39, 0.29) is 11.9 Å². The Hall–Kier alpha value is -2.87. The van der Waals surface area contributed by atoms with E-state index in [9.17, 15) is 4.79 Å². The number of benzene rings is 1. The van der Waals surface area contributed by atoms with Crippen LogP contribution in [0, 0.1) is 0 Å². The third kappa shape index (κ3) is 5.07. The van der Waals surface area contributed by atoms with Crippen molar-refractivity contribution in [1.82, 2.24) is 25.0 Å². The van der Waals surface area contributed by atoms with Gasteiger partial charge in [0.1, 0.15) is 0 Å². The van der Waals surface area contributed by atoms with Gasteiger partial charge < -0.3 is 19.5 Å². The first kappa shape index (κ1) is 21.4. The van der Waals surface area contributed by atoms with Gasteiger partial charge in [0.15, 0.2) is 11.7 Å². The lowest BCUT2D eigenvalue weighted by Gasteiger charge is -2.39. The number of carbonyl (C=O) groups excluding carboxylic acids is 1. The maximum Gasteiger partial charge on any atom is 0.239 e. The summed E-state index contributed by atoms with van der Waals surface area (Å²) in [5.41, 5.74) is 1.01. The van der Waals surface area contributed by atoms with E-state index in [1.165, 1.54) is 0 Å². The lowest BCUT2D eigenvalue weighted by Crippen LogP contribution is -2.57. The smallest absolute Gasteiger partial charge is 0.239 e. The van der Waals surface area contributed by atoms with Crippen LogP contribution in [0.2, 0.25) is 0 Å². The Kier molecular flexibility index (Phi) is 6.86. The van der Waals surface area contributed by atoms with E-state index in [2.05, 4.69) is 25.1 Å². The van der Waals surface area contributed by atoms with Crippen molar-refractivity contribution in [3.05, 3.63) is 42.4 Å². The van der Waals surface area contributed by atoms with Gasteiger partial charge >= 0.3 is 0 Å². The van der Waals surface area contributed by atoms with E-state index in [4.69, 9.17) is 4.42 Å². The summed E-state index contributed by atoms with van der Waals surface area (Å²) in [5, 5.41) is 3.36. The summed E-state index contributed by atoms with van der Waals surface area (Å²) in [6.07, 6.45) is 4.02. The second-order valence-electron chi connectivity index (χ2n) is 8.12. The zero-order chi connectivity index (χ0) is 21.6. The molecule has 2 aromatic rings. The Morgan fingerprint density at radius 1 is 1.10 bits per heavy atom. The molecule has 0 aliphatic carbocycles. The van der Waals surface area contributed by atoms with E-state index < -0.39 is 0 Å². The monoisotopic (exact) mass is 424 g/mol. The van der Waals surface area contributed by atoms with Crippen LogP contribution >= 0.6 is 0 Å². The molecule has 8 nitrogen and oxygen atoms in total. The number of aliphatic imine (C=N–C) groups is 1. The number of amides is 1. The molecule has 0 saturated carbocycles. The Bertz CT molecular complexity index is 882. The van der Waals surface area contributed by atoms with Gasteiger partial charge in [-0.15, -0.1) is 0 Å². The van der Waals surface area contributed by atoms with Crippen LogP contribution in [0.4, 0.5) is 0 Å². The predicted molar refractivity (Wildman–Crippen MR) is 121 cm³/mol. The molecule has 2 saturated heterocycles. The second-order valence-corrected chi connectivity index (χ2v) is 8.12. The van der Waals surface area contributed by atoms with Gasteiger partial charge in [0.25, 0.3) is 0 Å². The van der Waals surface area contributed by atoms with Crippen molar-refractivity contribution in [2.45, 2.75) is 32.4 Å². The molecule has 2 fully saturated rings. The first-order valence-electron chi connectivity index (χ1n) is 11.1. The van der Waals surface area contributed by atoms with Crippen LogP contribution in [-0.4, -0.2) is 83.9 Å². The molecule has 8 heteroatoms. The number of hydrogen-bond donors (Lipinski definition) is 1. The van der Waals surface area contributed by atoms with E-state index in [0.717, 1.165) is 69.4 Å².